The van der Waals surface area contributed by atoms with Crippen LogP contribution in [0.25, 0.3) is 11.2 Å². The molecule has 1 atom stereocenters. The molecule has 2 saturated heterocycles. The van der Waals surface area contributed by atoms with Crippen LogP contribution in [0.2, 0.25) is 0 Å². The molecule has 0 bridgehead atoms. The van der Waals surface area contributed by atoms with Gasteiger partial charge in [-0.05, 0) is 12.5 Å². The summed E-state index contributed by atoms with van der Waals surface area (Å²) in [6.45, 7) is 5.38. The summed E-state index contributed by atoms with van der Waals surface area (Å²) in [6, 6.07) is 2.13. The van der Waals surface area contributed by atoms with Crippen molar-refractivity contribution in [1.29, 1.82) is 5.26 Å². The van der Waals surface area contributed by atoms with Gasteiger partial charge in [0, 0.05) is 64.0 Å². The molecule has 2 aliphatic heterocycles. The third-order valence-corrected chi connectivity index (χ3v) is 7.01. The van der Waals surface area contributed by atoms with Gasteiger partial charge in [-0.15, -0.1) is 0 Å². The van der Waals surface area contributed by atoms with Crippen molar-refractivity contribution < 1.29 is 14.4 Å². The van der Waals surface area contributed by atoms with Crippen molar-refractivity contribution in [3.8, 4) is 6.07 Å². The molecule has 11 heteroatoms. The highest BCUT2D eigenvalue weighted by atomic mass is 16.2. The molecule has 0 aromatic carbocycles. The van der Waals surface area contributed by atoms with Crippen molar-refractivity contribution in [3.63, 3.8) is 0 Å². The zero-order chi connectivity index (χ0) is 25.2. The van der Waals surface area contributed by atoms with E-state index in [2.05, 4.69) is 44.5 Å². The van der Waals surface area contributed by atoms with Gasteiger partial charge in [-0.2, -0.15) is 5.26 Å². The van der Waals surface area contributed by atoms with Gasteiger partial charge in [0.15, 0.2) is 5.65 Å². The molecule has 1 aliphatic carbocycles. The molecule has 5 rings (SSSR count). The van der Waals surface area contributed by atoms with E-state index in [1.54, 1.807) is 24.2 Å². The standard InChI is InChI=1S/C25H28N8O3/c1-16(34)31-6-8-32(9-7-31)19-4-2-18(3-5-19)21-12-28-24-23(30-21)20(11-27-24)25(36)29-13-22(35)33-14-17(10-26)15-33/h2,4-5,11-12,17-18H,3,6-9,13-15H2,1H3,(H,27,28)(H,29,36). The Bertz CT molecular complexity index is 1290. The fourth-order valence-corrected chi connectivity index (χ4v) is 4.73. The lowest BCUT2D eigenvalue weighted by Gasteiger charge is -2.37. The third-order valence-electron chi connectivity index (χ3n) is 7.01. The number of nitrogens with zero attached hydrogens (tertiary/aromatic N) is 6. The van der Waals surface area contributed by atoms with E-state index in [0.29, 0.717) is 29.8 Å². The van der Waals surface area contributed by atoms with E-state index in [-0.39, 0.29) is 30.2 Å². The van der Waals surface area contributed by atoms with Gasteiger partial charge in [-0.3, -0.25) is 14.4 Å². The van der Waals surface area contributed by atoms with Crippen LogP contribution in [0.5, 0.6) is 0 Å². The van der Waals surface area contributed by atoms with Gasteiger partial charge < -0.3 is 25.0 Å². The summed E-state index contributed by atoms with van der Waals surface area (Å²) in [7, 11) is 0. The number of amides is 3. The fourth-order valence-electron chi connectivity index (χ4n) is 4.73. The largest absolute Gasteiger partial charge is 0.368 e. The first-order valence-electron chi connectivity index (χ1n) is 12.1. The lowest BCUT2D eigenvalue weighted by atomic mass is 9.95. The first kappa shape index (κ1) is 23.5. The van der Waals surface area contributed by atoms with Crippen molar-refractivity contribution >= 4 is 28.9 Å². The Morgan fingerprint density at radius 3 is 2.64 bits per heavy atom. The van der Waals surface area contributed by atoms with Crippen molar-refractivity contribution in [2.75, 3.05) is 45.8 Å². The van der Waals surface area contributed by atoms with Gasteiger partial charge in [0.2, 0.25) is 11.8 Å². The maximum Gasteiger partial charge on any atom is 0.255 e. The molecule has 2 aromatic heterocycles. The first-order valence-corrected chi connectivity index (χ1v) is 12.1. The molecule has 186 valence electrons. The lowest BCUT2D eigenvalue weighted by Crippen LogP contribution is -2.52. The van der Waals surface area contributed by atoms with Crippen LogP contribution in [0, 0.1) is 17.2 Å². The quantitative estimate of drug-likeness (QED) is 0.634. The van der Waals surface area contributed by atoms with Crippen molar-refractivity contribution in [3.05, 3.63) is 47.6 Å². The summed E-state index contributed by atoms with van der Waals surface area (Å²) in [5, 5.41) is 11.5. The number of hydrogen-bond acceptors (Lipinski definition) is 7. The molecule has 3 aliphatic rings. The van der Waals surface area contributed by atoms with Crippen LogP contribution in [0.3, 0.4) is 0 Å². The van der Waals surface area contributed by atoms with Crippen LogP contribution in [-0.4, -0.2) is 93.2 Å². The van der Waals surface area contributed by atoms with Gasteiger partial charge in [0.25, 0.3) is 5.91 Å². The topological polar surface area (TPSA) is 138 Å². The molecule has 0 radical (unpaired) electrons. The van der Waals surface area contributed by atoms with Crippen LogP contribution in [0.4, 0.5) is 0 Å². The van der Waals surface area contributed by atoms with E-state index in [9.17, 15) is 14.4 Å². The maximum absolute atomic E-state index is 12.8. The van der Waals surface area contributed by atoms with E-state index in [1.165, 1.54) is 0 Å². The number of piperazine rings is 1. The predicted octanol–water partition coefficient (Wildman–Crippen LogP) is 0.761. The predicted molar refractivity (Wildman–Crippen MR) is 130 cm³/mol. The van der Waals surface area contributed by atoms with Crippen molar-refractivity contribution in [1.82, 2.24) is 35.0 Å². The number of fused-ring (bicyclic) bond motifs is 1. The first-order chi connectivity index (χ1) is 17.4. The Morgan fingerprint density at radius 1 is 1.19 bits per heavy atom. The molecule has 4 heterocycles. The average Bonchev–Trinajstić information content (AvgIpc) is 3.30. The van der Waals surface area contributed by atoms with Crippen LogP contribution in [0.1, 0.15) is 35.3 Å². The average molecular weight is 489 g/mol. The number of carbonyl (C=O) groups is 3. The fraction of sp³-hybridized carbons (Fsp3) is 0.440. The number of nitrogens with one attached hydrogen (secondary N) is 2. The number of aromatic amines is 1. The summed E-state index contributed by atoms with van der Waals surface area (Å²) in [5.41, 5.74) is 3.23. The van der Waals surface area contributed by atoms with Crippen molar-refractivity contribution in [2.24, 2.45) is 5.92 Å². The van der Waals surface area contributed by atoms with E-state index in [4.69, 9.17) is 10.2 Å². The van der Waals surface area contributed by atoms with Gasteiger partial charge in [-0.25, -0.2) is 9.97 Å². The Labute approximate surface area is 208 Å². The molecular weight excluding hydrogens is 460 g/mol. The minimum atomic E-state index is -0.399. The molecule has 0 spiro atoms. The minimum absolute atomic E-state index is 0.0380. The van der Waals surface area contributed by atoms with E-state index >= 15 is 0 Å². The Morgan fingerprint density at radius 2 is 1.97 bits per heavy atom. The second kappa shape index (κ2) is 9.81. The molecular formula is C25H28N8O3. The van der Waals surface area contributed by atoms with E-state index in [0.717, 1.165) is 44.0 Å². The van der Waals surface area contributed by atoms with Crippen molar-refractivity contribution in [2.45, 2.75) is 19.3 Å². The second-order valence-electron chi connectivity index (χ2n) is 9.33. The number of H-pyrrole nitrogens is 1. The highest BCUT2D eigenvalue weighted by Gasteiger charge is 2.30. The SMILES string of the molecule is CC(=O)N1CCN(C2=CCC(c3cnc4[nH]cc(C(=O)NCC(=O)N5CC(C#N)C5)c4n3)C=C2)CC1. The highest BCUT2D eigenvalue weighted by Crippen LogP contribution is 2.28. The summed E-state index contributed by atoms with van der Waals surface area (Å²) < 4.78 is 0. The molecule has 2 N–H and O–H groups in total. The van der Waals surface area contributed by atoms with Gasteiger partial charge in [0.05, 0.1) is 36.0 Å². The van der Waals surface area contributed by atoms with Gasteiger partial charge >= 0.3 is 0 Å². The normalized spacial score (nSPS) is 20.1. The molecule has 0 saturated carbocycles. The Hall–Kier alpha value is -4.20. The van der Waals surface area contributed by atoms with Crippen LogP contribution in [-0.2, 0) is 9.59 Å². The molecule has 2 fully saturated rings. The highest BCUT2D eigenvalue weighted by molar-refractivity contribution is 6.05. The van der Waals surface area contributed by atoms with E-state index < -0.39 is 5.91 Å². The Kier molecular flexibility index (Phi) is 6.41. The Balaban J connectivity index is 1.21. The summed E-state index contributed by atoms with van der Waals surface area (Å²) in [4.78, 5) is 54.4. The molecule has 1 unspecified atom stereocenters. The van der Waals surface area contributed by atoms with Gasteiger partial charge in [0.1, 0.15) is 5.52 Å². The molecule has 36 heavy (non-hydrogen) atoms. The monoisotopic (exact) mass is 488 g/mol. The minimum Gasteiger partial charge on any atom is -0.368 e. The summed E-state index contributed by atoms with van der Waals surface area (Å²) in [5.74, 6) is -0.575. The van der Waals surface area contributed by atoms with Crippen LogP contribution < -0.4 is 5.32 Å². The number of rotatable bonds is 5. The second-order valence-corrected chi connectivity index (χ2v) is 9.33. The smallest absolute Gasteiger partial charge is 0.255 e. The van der Waals surface area contributed by atoms with E-state index in [1.807, 2.05) is 4.90 Å². The number of carbonyl (C=O) groups excluding carboxylic acids is 3. The molecule has 3 amide bonds. The number of aromatic nitrogens is 3. The zero-order valence-electron chi connectivity index (χ0n) is 20.1. The summed E-state index contributed by atoms with van der Waals surface area (Å²) in [6.07, 6.45) is 10.4. The lowest BCUT2D eigenvalue weighted by molar-refractivity contribution is -0.135. The van der Waals surface area contributed by atoms with Crippen LogP contribution in [0.15, 0.2) is 36.3 Å². The zero-order valence-corrected chi connectivity index (χ0v) is 20.1. The third kappa shape index (κ3) is 4.66. The summed E-state index contributed by atoms with van der Waals surface area (Å²) >= 11 is 0. The maximum atomic E-state index is 12.8. The number of hydrogen-bond donors (Lipinski definition) is 2. The number of nitriles is 1. The van der Waals surface area contributed by atoms with Gasteiger partial charge in [-0.1, -0.05) is 12.2 Å². The molecule has 2 aromatic rings. The number of allylic oxidation sites excluding steroid dienone is 3. The number of likely N-dealkylation sites (tertiary alicyclic amines) is 1. The molecule has 11 nitrogen and oxygen atoms in total. The van der Waals surface area contributed by atoms with Crippen LogP contribution >= 0.6 is 0 Å².